The number of halogens is 4. The number of anilines is 1. The molecule has 2 amide bonds. The van der Waals surface area contributed by atoms with Crippen LogP contribution in [0.4, 0.5) is 23.4 Å². The predicted octanol–water partition coefficient (Wildman–Crippen LogP) is 2.17. The number of aromatic nitrogens is 1. The summed E-state index contributed by atoms with van der Waals surface area (Å²) < 4.78 is 58.7. The summed E-state index contributed by atoms with van der Waals surface area (Å²) in [7, 11) is 0. The second kappa shape index (κ2) is 13.1. The third kappa shape index (κ3) is 8.37. The largest absolute Gasteiger partial charge is 0.481 e. The molecule has 0 saturated carbocycles. The molecule has 0 radical (unpaired) electrons. The highest BCUT2D eigenvalue weighted by Crippen LogP contribution is 2.26. The first-order valence-corrected chi connectivity index (χ1v) is 10.7. The Balaban J connectivity index is 2.03. The zero-order valence-electron chi connectivity index (χ0n) is 19.2. The van der Waals surface area contributed by atoms with Gasteiger partial charge in [-0.2, -0.15) is 8.78 Å². The molecular weight excluding hydrogens is 506 g/mol. The molecule has 14 heteroatoms. The number of nitrogens with zero attached hydrogens (tertiary/aromatic N) is 1. The van der Waals surface area contributed by atoms with E-state index >= 15 is 0 Å². The van der Waals surface area contributed by atoms with Gasteiger partial charge in [0.25, 0.3) is 5.91 Å². The predicted molar refractivity (Wildman–Crippen MR) is 117 cm³/mol. The number of ketones is 2. The first kappa shape index (κ1) is 28.9. The summed E-state index contributed by atoms with van der Waals surface area (Å²) in [5.74, 6) is -15.3. The Labute approximate surface area is 207 Å². The van der Waals surface area contributed by atoms with Crippen LogP contribution in [0.25, 0.3) is 0 Å². The highest BCUT2D eigenvalue weighted by atomic mass is 19.2. The van der Waals surface area contributed by atoms with Gasteiger partial charge in [-0.05, 0) is 18.6 Å². The molecule has 10 nitrogen and oxygen atoms in total. The van der Waals surface area contributed by atoms with Crippen molar-refractivity contribution in [2.24, 2.45) is 5.92 Å². The number of Topliss-reactive ketones (excluding diaryl/α,β-unsaturated/α-hetero) is 2. The number of nitrogens with one attached hydrogen (secondary N) is 2. The van der Waals surface area contributed by atoms with Crippen molar-refractivity contribution in [3.8, 4) is 5.75 Å². The molecule has 0 aliphatic rings. The van der Waals surface area contributed by atoms with Crippen LogP contribution in [-0.2, 0) is 24.0 Å². The average molecular weight is 527 g/mol. The highest BCUT2D eigenvalue weighted by molar-refractivity contribution is 6.40. The standard InChI is InChI=1S/C23H21F4N3O7/c1-11(8-15(31)23(36)30-17-4-2-3-7-28-17)22(35)29-14(5-6-18(33)34)16(32)10-37-21-19(26)12(24)9-13(25)20(21)27/h2-4,7,9,11,14H,5-6,8,10H2,1H3,(H,29,35)(H,33,34)(H,28,30,36)/t11-,14+/m1/s1. The van der Waals surface area contributed by atoms with E-state index in [-0.39, 0.29) is 11.9 Å². The summed E-state index contributed by atoms with van der Waals surface area (Å²) in [5.41, 5.74) is 0. The number of benzene rings is 1. The SMILES string of the molecule is C[C@H](CC(=O)C(=O)Nc1ccccn1)C(=O)N[C@@H](CCC(=O)O)C(=O)COc1c(F)c(F)cc(F)c1F. The Morgan fingerprint density at radius 3 is 2.27 bits per heavy atom. The van der Waals surface area contributed by atoms with E-state index in [2.05, 4.69) is 20.4 Å². The van der Waals surface area contributed by atoms with Crippen LogP contribution in [-0.4, -0.2) is 52.1 Å². The number of carboxylic acids is 1. The van der Waals surface area contributed by atoms with Crippen LogP contribution >= 0.6 is 0 Å². The summed E-state index contributed by atoms with van der Waals surface area (Å²) in [6, 6.07) is 2.95. The Morgan fingerprint density at radius 2 is 1.70 bits per heavy atom. The number of hydrogen-bond donors (Lipinski definition) is 3. The number of carbonyl (C=O) groups is 5. The molecule has 37 heavy (non-hydrogen) atoms. The van der Waals surface area contributed by atoms with Gasteiger partial charge in [0.15, 0.2) is 23.2 Å². The molecule has 0 spiro atoms. The van der Waals surface area contributed by atoms with Gasteiger partial charge >= 0.3 is 5.97 Å². The molecule has 1 aromatic heterocycles. The maximum Gasteiger partial charge on any atom is 0.303 e. The van der Waals surface area contributed by atoms with Crippen LogP contribution in [0.2, 0.25) is 0 Å². The molecule has 198 valence electrons. The van der Waals surface area contributed by atoms with Crippen molar-refractivity contribution in [2.45, 2.75) is 32.2 Å². The van der Waals surface area contributed by atoms with Crippen LogP contribution in [0.3, 0.4) is 0 Å². The second-order valence-electron chi connectivity index (χ2n) is 7.74. The van der Waals surface area contributed by atoms with Gasteiger partial charge in [-0.25, -0.2) is 13.8 Å². The van der Waals surface area contributed by atoms with Crippen molar-refractivity contribution in [2.75, 3.05) is 11.9 Å². The van der Waals surface area contributed by atoms with Crippen LogP contribution in [0.15, 0.2) is 30.5 Å². The van der Waals surface area contributed by atoms with Crippen LogP contribution in [0.1, 0.15) is 26.2 Å². The number of amides is 2. The van der Waals surface area contributed by atoms with Gasteiger partial charge in [-0.1, -0.05) is 13.0 Å². The molecule has 2 rings (SSSR count). The van der Waals surface area contributed by atoms with E-state index in [9.17, 15) is 41.5 Å². The maximum absolute atomic E-state index is 13.8. The van der Waals surface area contributed by atoms with Gasteiger partial charge in [0, 0.05) is 31.0 Å². The molecular formula is C23H21F4N3O7. The fourth-order valence-corrected chi connectivity index (χ4v) is 2.90. The Bertz CT molecular complexity index is 1170. The highest BCUT2D eigenvalue weighted by Gasteiger charge is 2.28. The monoisotopic (exact) mass is 527 g/mol. The lowest BCUT2D eigenvalue weighted by Crippen LogP contribution is -2.45. The number of pyridine rings is 1. The van der Waals surface area contributed by atoms with Gasteiger partial charge in [0.1, 0.15) is 12.4 Å². The summed E-state index contributed by atoms with van der Waals surface area (Å²) in [6.45, 7) is 0.0812. The normalized spacial score (nSPS) is 12.2. The van der Waals surface area contributed by atoms with E-state index in [4.69, 9.17) is 5.11 Å². The van der Waals surface area contributed by atoms with E-state index in [0.29, 0.717) is 0 Å². The zero-order chi connectivity index (χ0) is 27.7. The Kier molecular flexibility index (Phi) is 10.2. The van der Waals surface area contributed by atoms with Gasteiger partial charge in [-0.15, -0.1) is 0 Å². The van der Waals surface area contributed by atoms with Crippen molar-refractivity contribution < 1.29 is 51.4 Å². The number of hydrogen-bond acceptors (Lipinski definition) is 7. The minimum atomic E-state index is -1.89. The van der Waals surface area contributed by atoms with Crippen molar-refractivity contribution in [3.63, 3.8) is 0 Å². The lowest BCUT2D eigenvalue weighted by atomic mass is 10.0. The van der Waals surface area contributed by atoms with E-state index in [1.165, 1.54) is 19.2 Å². The van der Waals surface area contributed by atoms with Gasteiger partial charge in [0.05, 0.1) is 6.04 Å². The van der Waals surface area contributed by atoms with E-state index in [1.54, 1.807) is 12.1 Å². The van der Waals surface area contributed by atoms with Crippen molar-refractivity contribution in [3.05, 3.63) is 53.7 Å². The fraction of sp³-hybridized carbons (Fsp3) is 0.304. The van der Waals surface area contributed by atoms with Crippen LogP contribution in [0.5, 0.6) is 5.75 Å². The van der Waals surface area contributed by atoms with E-state index in [0.717, 1.165) is 0 Å². The number of carbonyl (C=O) groups excluding carboxylic acids is 4. The quantitative estimate of drug-likeness (QED) is 0.204. The lowest BCUT2D eigenvalue weighted by molar-refractivity contribution is -0.139. The Morgan fingerprint density at radius 1 is 1.05 bits per heavy atom. The van der Waals surface area contributed by atoms with Crippen LogP contribution < -0.4 is 15.4 Å². The van der Waals surface area contributed by atoms with Gasteiger partial charge in [-0.3, -0.25) is 24.0 Å². The first-order chi connectivity index (χ1) is 17.4. The molecule has 0 aliphatic heterocycles. The molecule has 0 saturated heterocycles. The smallest absolute Gasteiger partial charge is 0.303 e. The van der Waals surface area contributed by atoms with Gasteiger partial charge in [0.2, 0.25) is 23.3 Å². The lowest BCUT2D eigenvalue weighted by Gasteiger charge is -2.20. The molecule has 1 heterocycles. The molecule has 3 N–H and O–H groups in total. The molecule has 0 fully saturated rings. The fourth-order valence-electron chi connectivity index (χ4n) is 2.90. The summed E-state index contributed by atoms with van der Waals surface area (Å²) in [5, 5.41) is 13.3. The molecule has 0 bridgehead atoms. The third-order valence-corrected chi connectivity index (χ3v) is 4.88. The summed E-state index contributed by atoms with van der Waals surface area (Å²) in [6.07, 6.45) is -0.304. The minimum Gasteiger partial charge on any atom is -0.481 e. The number of rotatable bonds is 13. The molecule has 2 atom stereocenters. The van der Waals surface area contributed by atoms with Crippen LogP contribution in [0, 0.1) is 29.2 Å². The number of carboxylic acid groups (broad SMARTS) is 1. The van der Waals surface area contributed by atoms with Crippen molar-refractivity contribution >= 4 is 35.2 Å². The van der Waals surface area contributed by atoms with Gasteiger partial charge < -0.3 is 20.5 Å². The third-order valence-electron chi connectivity index (χ3n) is 4.88. The molecule has 0 unspecified atom stereocenters. The first-order valence-electron chi connectivity index (χ1n) is 10.7. The summed E-state index contributed by atoms with van der Waals surface area (Å²) >= 11 is 0. The number of aliphatic carboxylic acids is 1. The molecule has 1 aromatic carbocycles. The second-order valence-corrected chi connectivity index (χ2v) is 7.74. The topological polar surface area (TPSA) is 152 Å². The zero-order valence-corrected chi connectivity index (χ0v) is 19.2. The molecule has 2 aromatic rings. The van der Waals surface area contributed by atoms with E-state index < -0.39 is 96.2 Å². The Hall–Kier alpha value is -4.36. The number of ether oxygens (including phenoxy) is 1. The van der Waals surface area contributed by atoms with Crippen molar-refractivity contribution in [1.29, 1.82) is 0 Å². The maximum atomic E-state index is 13.8. The summed E-state index contributed by atoms with van der Waals surface area (Å²) in [4.78, 5) is 64.0. The average Bonchev–Trinajstić information content (AvgIpc) is 2.85. The van der Waals surface area contributed by atoms with Crippen molar-refractivity contribution in [1.82, 2.24) is 10.3 Å². The minimum absolute atomic E-state index is 0.0610. The molecule has 0 aliphatic carbocycles. The van der Waals surface area contributed by atoms with E-state index in [1.807, 2.05) is 0 Å².